The van der Waals surface area contributed by atoms with Gasteiger partial charge in [-0.1, -0.05) is 37.6 Å². The van der Waals surface area contributed by atoms with Crippen molar-refractivity contribution >= 4 is 27.1 Å². The zero-order valence-electron chi connectivity index (χ0n) is 13.6. The molecule has 5 heteroatoms. The van der Waals surface area contributed by atoms with Crippen LogP contribution in [0.1, 0.15) is 25.0 Å². The van der Waals surface area contributed by atoms with E-state index < -0.39 is 9.84 Å². The predicted octanol–water partition coefficient (Wildman–Crippen LogP) is 4.55. The van der Waals surface area contributed by atoms with Gasteiger partial charge in [0.1, 0.15) is 0 Å². The van der Waals surface area contributed by atoms with E-state index in [1.54, 1.807) is 12.1 Å². The van der Waals surface area contributed by atoms with Gasteiger partial charge in [-0.25, -0.2) is 8.42 Å². The number of anilines is 1. The molecule has 0 atom stereocenters. The van der Waals surface area contributed by atoms with Crippen molar-refractivity contribution in [1.29, 1.82) is 0 Å². The molecule has 0 heterocycles. The summed E-state index contributed by atoms with van der Waals surface area (Å²) >= 11 is 6.09. The van der Waals surface area contributed by atoms with E-state index >= 15 is 0 Å². The van der Waals surface area contributed by atoms with Crippen molar-refractivity contribution in [2.75, 3.05) is 11.6 Å². The maximum Gasteiger partial charge on any atom is 0.175 e. The summed E-state index contributed by atoms with van der Waals surface area (Å²) in [6.07, 6.45) is 2.17. The molecule has 124 valence electrons. The minimum atomic E-state index is -3.15. The van der Waals surface area contributed by atoms with E-state index in [0.29, 0.717) is 17.4 Å². The van der Waals surface area contributed by atoms with Crippen molar-refractivity contribution in [3.63, 3.8) is 0 Å². The van der Waals surface area contributed by atoms with Crippen molar-refractivity contribution in [3.8, 4) is 0 Å². The SMILES string of the molecule is CC(C)Cc1cc(Cl)ccc1NCc1ccc(S(C)(=O)=O)cc1. The third kappa shape index (κ3) is 5.26. The van der Waals surface area contributed by atoms with Crippen LogP contribution in [0.3, 0.4) is 0 Å². The molecule has 0 spiro atoms. The maximum atomic E-state index is 11.5. The van der Waals surface area contributed by atoms with Gasteiger partial charge in [-0.15, -0.1) is 0 Å². The molecule has 2 aromatic carbocycles. The Bertz CT molecular complexity index is 768. The molecule has 0 unspecified atom stereocenters. The summed E-state index contributed by atoms with van der Waals surface area (Å²) in [6.45, 7) is 4.99. The van der Waals surface area contributed by atoms with Gasteiger partial charge in [0.05, 0.1) is 4.90 Å². The molecule has 0 aliphatic carbocycles. The number of hydrogen-bond donors (Lipinski definition) is 1. The molecule has 0 amide bonds. The molecule has 0 saturated carbocycles. The quantitative estimate of drug-likeness (QED) is 0.830. The lowest BCUT2D eigenvalue weighted by atomic mass is 10.0. The molecule has 0 fully saturated rings. The molecule has 2 aromatic rings. The van der Waals surface area contributed by atoms with Crippen molar-refractivity contribution in [2.45, 2.75) is 31.7 Å². The number of hydrogen-bond acceptors (Lipinski definition) is 3. The highest BCUT2D eigenvalue weighted by atomic mass is 35.5. The van der Waals surface area contributed by atoms with E-state index in [4.69, 9.17) is 11.6 Å². The highest BCUT2D eigenvalue weighted by Crippen LogP contribution is 2.24. The lowest BCUT2D eigenvalue weighted by Crippen LogP contribution is -2.05. The van der Waals surface area contributed by atoms with Gasteiger partial charge in [-0.3, -0.25) is 0 Å². The van der Waals surface area contributed by atoms with Gasteiger partial charge in [0.2, 0.25) is 0 Å². The average molecular weight is 352 g/mol. The fourth-order valence-electron chi connectivity index (χ4n) is 2.40. The molecule has 23 heavy (non-hydrogen) atoms. The average Bonchev–Trinajstić information content (AvgIpc) is 2.45. The van der Waals surface area contributed by atoms with Gasteiger partial charge in [0.25, 0.3) is 0 Å². The monoisotopic (exact) mass is 351 g/mol. The Kier molecular flexibility index (Phi) is 5.71. The van der Waals surface area contributed by atoms with E-state index in [-0.39, 0.29) is 0 Å². The fourth-order valence-corrected chi connectivity index (χ4v) is 3.22. The summed E-state index contributed by atoms with van der Waals surface area (Å²) < 4.78 is 22.9. The number of benzene rings is 2. The molecule has 0 aliphatic heterocycles. The highest BCUT2D eigenvalue weighted by molar-refractivity contribution is 7.90. The summed E-state index contributed by atoms with van der Waals surface area (Å²) in [5.41, 5.74) is 3.29. The van der Waals surface area contributed by atoms with Gasteiger partial charge >= 0.3 is 0 Å². The molecule has 0 bridgehead atoms. The topological polar surface area (TPSA) is 46.2 Å². The molecular formula is C18H22ClNO2S. The standard InChI is InChI=1S/C18H22ClNO2S/c1-13(2)10-15-11-16(19)6-9-18(15)20-12-14-4-7-17(8-5-14)23(3,21)22/h4-9,11,13,20H,10,12H2,1-3H3. The largest absolute Gasteiger partial charge is 0.381 e. The first kappa shape index (κ1) is 17.8. The summed E-state index contributed by atoms with van der Waals surface area (Å²) in [6, 6.07) is 12.8. The molecule has 0 radical (unpaired) electrons. The third-order valence-corrected chi connectivity index (χ3v) is 4.89. The van der Waals surface area contributed by atoms with Gasteiger partial charge in [0.15, 0.2) is 9.84 Å². The normalized spacial score (nSPS) is 11.7. The van der Waals surface area contributed by atoms with E-state index in [0.717, 1.165) is 22.7 Å². The first-order valence-electron chi connectivity index (χ1n) is 7.57. The van der Waals surface area contributed by atoms with E-state index in [9.17, 15) is 8.42 Å². The first-order valence-corrected chi connectivity index (χ1v) is 9.84. The predicted molar refractivity (Wildman–Crippen MR) is 96.9 cm³/mol. The Morgan fingerprint density at radius 1 is 1.09 bits per heavy atom. The second-order valence-electron chi connectivity index (χ2n) is 6.17. The van der Waals surface area contributed by atoms with Crippen LogP contribution in [0.5, 0.6) is 0 Å². The zero-order chi connectivity index (χ0) is 17.0. The van der Waals surface area contributed by atoms with Crippen LogP contribution in [0.4, 0.5) is 5.69 Å². The molecule has 0 saturated heterocycles. The summed E-state index contributed by atoms with van der Waals surface area (Å²) in [5.74, 6) is 0.545. The van der Waals surface area contributed by atoms with Crippen molar-refractivity contribution in [1.82, 2.24) is 0 Å². The van der Waals surface area contributed by atoms with E-state index in [2.05, 4.69) is 19.2 Å². The van der Waals surface area contributed by atoms with Crippen molar-refractivity contribution in [3.05, 3.63) is 58.6 Å². The minimum Gasteiger partial charge on any atom is -0.381 e. The van der Waals surface area contributed by atoms with Crippen LogP contribution in [-0.2, 0) is 22.8 Å². The molecule has 2 rings (SSSR count). The Morgan fingerprint density at radius 3 is 2.30 bits per heavy atom. The number of rotatable bonds is 6. The Balaban J connectivity index is 2.11. The Morgan fingerprint density at radius 2 is 1.74 bits per heavy atom. The Hall–Kier alpha value is -1.52. The van der Waals surface area contributed by atoms with Crippen molar-refractivity contribution < 1.29 is 8.42 Å². The van der Waals surface area contributed by atoms with Crippen LogP contribution >= 0.6 is 11.6 Å². The van der Waals surface area contributed by atoms with Crippen LogP contribution in [0, 0.1) is 5.92 Å². The van der Waals surface area contributed by atoms with Crippen LogP contribution in [0.25, 0.3) is 0 Å². The molecule has 1 N–H and O–H groups in total. The molecule has 0 aliphatic rings. The van der Waals surface area contributed by atoms with Crippen LogP contribution in [0.2, 0.25) is 5.02 Å². The van der Waals surface area contributed by atoms with Crippen LogP contribution in [-0.4, -0.2) is 14.7 Å². The van der Waals surface area contributed by atoms with Gasteiger partial charge in [-0.05, 0) is 53.8 Å². The van der Waals surface area contributed by atoms with E-state index in [1.165, 1.54) is 11.8 Å². The summed E-state index contributed by atoms with van der Waals surface area (Å²) in [4.78, 5) is 0.341. The molecular weight excluding hydrogens is 330 g/mol. The number of sulfone groups is 1. The van der Waals surface area contributed by atoms with Crippen LogP contribution in [0.15, 0.2) is 47.4 Å². The Labute approximate surface area is 143 Å². The zero-order valence-corrected chi connectivity index (χ0v) is 15.2. The second-order valence-corrected chi connectivity index (χ2v) is 8.62. The van der Waals surface area contributed by atoms with Gasteiger partial charge < -0.3 is 5.32 Å². The smallest absolute Gasteiger partial charge is 0.175 e. The van der Waals surface area contributed by atoms with Gasteiger partial charge in [-0.2, -0.15) is 0 Å². The second kappa shape index (κ2) is 7.37. The lowest BCUT2D eigenvalue weighted by Gasteiger charge is -2.14. The molecule has 3 nitrogen and oxygen atoms in total. The lowest BCUT2D eigenvalue weighted by molar-refractivity contribution is 0.602. The van der Waals surface area contributed by atoms with Crippen LogP contribution < -0.4 is 5.32 Å². The highest BCUT2D eigenvalue weighted by Gasteiger charge is 2.08. The third-order valence-electron chi connectivity index (χ3n) is 3.53. The van der Waals surface area contributed by atoms with E-state index in [1.807, 2.05) is 30.3 Å². The fraction of sp³-hybridized carbons (Fsp3) is 0.333. The summed E-state index contributed by atoms with van der Waals surface area (Å²) in [7, 11) is -3.15. The molecule has 0 aromatic heterocycles. The maximum absolute atomic E-state index is 11.5. The number of nitrogens with one attached hydrogen (secondary N) is 1. The number of halogens is 1. The first-order chi connectivity index (χ1) is 10.8. The minimum absolute atomic E-state index is 0.341. The van der Waals surface area contributed by atoms with Gasteiger partial charge in [0, 0.05) is 23.5 Å². The summed E-state index contributed by atoms with van der Waals surface area (Å²) in [5, 5.41) is 4.15. The van der Waals surface area contributed by atoms with Crippen molar-refractivity contribution in [2.24, 2.45) is 5.92 Å².